The van der Waals surface area contributed by atoms with Gasteiger partial charge in [-0.15, -0.1) is 0 Å². The van der Waals surface area contributed by atoms with Crippen molar-refractivity contribution in [3.05, 3.63) is 0 Å². The summed E-state index contributed by atoms with van der Waals surface area (Å²) >= 11 is 0. The normalized spacial score (nSPS) is 41.6. The summed E-state index contributed by atoms with van der Waals surface area (Å²) in [5.74, 6) is -1.26. The number of esters is 1. The minimum atomic E-state index is -0.699. The minimum absolute atomic E-state index is 0.0220. The van der Waals surface area contributed by atoms with Gasteiger partial charge in [0, 0.05) is 5.92 Å². The summed E-state index contributed by atoms with van der Waals surface area (Å²) in [6, 6.07) is 0. The molecule has 0 spiro atoms. The molecule has 2 aliphatic rings. The maximum atomic E-state index is 11.4. The highest BCUT2D eigenvalue weighted by atomic mass is 16.6. The fourth-order valence-corrected chi connectivity index (χ4v) is 2.76. The van der Waals surface area contributed by atoms with E-state index in [9.17, 15) is 9.59 Å². The number of hydrogen-bond donors (Lipinski definition) is 1. The minimum Gasteiger partial charge on any atom is -0.461 e. The van der Waals surface area contributed by atoms with Gasteiger partial charge in [0.1, 0.15) is 12.0 Å². The average molecular weight is 197 g/mol. The Kier molecular flexibility index (Phi) is 2.21. The first-order valence-electron chi connectivity index (χ1n) is 5.11. The summed E-state index contributed by atoms with van der Waals surface area (Å²) in [6.45, 7) is 2.06. The van der Waals surface area contributed by atoms with Gasteiger partial charge in [-0.3, -0.25) is 9.59 Å². The molecule has 2 N–H and O–H groups in total. The topological polar surface area (TPSA) is 69.4 Å². The molecule has 1 amide bonds. The second-order valence-corrected chi connectivity index (χ2v) is 4.34. The Balaban J connectivity index is 2.24. The Morgan fingerprint density at radius 2 is 2.21 bits per heavy atom. The van der Waals surface area contributed by atoms with Crippen molar-refractivity contribution >= 4 is 11.9 Å². The van der Waals surface area contributed by atoms with E-state index in [2.05, 4.69) is 6.92 Å². The maximum absolute atomic E-state index is 11.4. The fourth-order valence-electron chi connectivity index (χ4n) is 2.76. The summed E-state index contributed by atoms with van der Waals surface area (Å²) in [4.78, 5) is 22.5. The number of carbonyl (C=O) groups is 2. The second kappa shape index (κ2) is 3.26. The Hall–Kier alpha value is -1.06. The number of ether oxygens (including phenoxy) is 1. The van der Waals surface area contributed by atoms with Crippen LogP contribution in [0.15, 0.2) is 0 Å². The van der Waals surface area contributed by atoms with Gasteiger partial charge in [-0.1, -0.05) is 13.3 Å². The molecule has 0 unspecified atom stereocenters. The van der Waals surface area contributed by atoms with E-state index in [0.717, 1.165) is 19.3 Å². The first kappa shape index (κ1) is 9.49. The molecule has 14 heavy (non-hydrogen) atoms. The van der Waals surface area contributed by atoms with E-state index in [1.165, 1.54) is 0 Å². The van der Waals surface area contributed by atoms with E-state index in [4.69, 9.17) is 10.5 Å². The van der Waals surface area contributed by atoms with Crippen LogP contribution in [0.25, 0.3) is 0 Å². The van der Waals surface area contributed by atoms with Crippen molar-refractivity contribution in [3.63, 3.8) is 0 Å². The third-order valence-corrected chi connectivity index (χ3v) is 3.45. The van der Waals surface area contributed by atoms with E-state index in [1.54, 1.807) is 0 Å². The van der Waals surface area contributed by atoms with Crippen LogP contribution in [-0.4, -0.2) is 18.0 Å². The number of nitrogens with two attached hydrogens (primary N) is 1. The summed E-state index contributed by atoms with van der Waals surface area (Å²) in [5.41, 5.74) is 5.22. The van der Waals surface area contributed by atoms with Crippen molar-refractivity contribution in [1.82, 2.24) is 0 Å². The number of amides is 1. The molecule has 4 heteroatoms. The molecule has 1 saturated carbocycles. The second-order valence-electron chi connectivity index (χ2n) is 4.34. The predicted octanol–water partition coefficient (Wildman–Crippen LogP) is 0.449. The molecule has 1 aliphatic heterocycles. The van der Waals surface area contributed by atoms with Gasteiger partial charge in [-0.2, -0.15) is 0 Å². The van der Waals surface area contributed by atoms with E-state index < -0.39 is 17.8 Å². The van der Waals surface area contributed by atoms with Crippen LogP contribution in [0.2, 0.25) is 0 Å². The van der Waals surface area contributed by atoms with Crippen molar-refractivity contribution in [2.24, 2.45) is 23.5 Å². The fraction of sp³-hybridized carbons (Fsp3) is 0.800. The van der Waals surface area contributed by atoms with Gasteiger partial charge in [-0.25, -0.2) is 0 Å². The van der Waals surface area contributed by atoms with Crippen LogP contribution >= 0.6 is 0 Å². The first-order chi connectivity index (χ1) is 6.61. The molecule has 0 radical (unpaired) electrons. The zero-order valence-electron chi connectivity index (χ0n) is 8.23. The quantitative estimate of drug-likeness (QED) is 0.490. The molecule has 0 aromatic rings. The molecule has 78 valence electrons. The third-order valence-electron chi connectivity index (χ3n) is 3.45. The number of fused-ring (bicyclic) bond motifs is 1. The molecule has 0 aromatic carbocycles. The highest BCUT2D eigenvalue weighted by Gasteiger charge is 2.51. The van der Waals surface area contributed by atoms with Crippen molar-refractivity contribution in [3.8, 4) is 0 Å². The van der Waals surface area contributed by atoms with Crippen LogP contribution in [-0.2, 0) is 14.3 Å². The Bertz CT molecular complexity index is 277. The maximum Gasteiger partial charge on any atom is 0.319 e. The highest BCUT2D eigenvalue weighted by Crippen LogP contribution is 2.42. The zero-order valence-corrected chi connectivity index (χ0v) is 8.23. The van der Waals surface area contributed by atoms with Crippen molar-refractivity contribution in [1.29, 1.82) is 0 Å². The summed E-state index contributed by atoms with van der Waals surface area (Å²) in [6.07, 6.45) is 2.94. The number of carbonyl (C=O) groups excluding carboxylic acids is 2. The average Bonchev–Trinajstić information content (AvgIpc) is 2.42. The summed E-state index contributed by atoms with van der Waals surface area (Å²) in [5, 5.41) is 0. The molecule has 1 heterocycles. The van der Waals surface area contributed by atoms with Gasteiger partial charge >= 0.3 is 5.97 Å². The van der Waals surface area contributed by atoms with Gasteiger partial charge in [-0.05, 0) is 18.8 Å². The van der Waals surface area contributed by atoms with Crippen molar-refractivity contribution in [2.45, 2.75) is 32.3 Å². The molecule has 4 atom stereocenters. The number of hydrogen-bond acceptors (Lipinski definition) is 3. The van der Waals surface area contributed by atoms with Gasteiger partial charge in [0.25, 0.3) is 0 Å². The smallest absolute Gasteiger partial charge is 0.319 e. The predicted molar refractivity (Wildman–Crippen MR) is 49.1 cm³/mol. The molecule has 2 rings (SSSR count). The van der Waals surface area contributed by atoms with Crippen LogP contribution in [0.4, 0.5) is 0 Å². The number of primary amides is 1. The lowest BCUT2D eigenvalue weighted by Crippen LogP contribution is -2.38. The molecule has 1 aliphatic carbocycles. The van der Waals surface area contributed by atoms with E-state index in [-0.39, 0.29) is 12.0 Å². The molecular weight excluding hydrogens is 182 g/mol. The van der Waals surface area contributed by atoms with E-state index in [0.29, 0.717) is 5.92 Å². The van der Waals surface area contributed by atoms with Crippen molar-refractivity contribution in [2.75, 3.05) is 0 Å². The van der Waals surface area contributed by atoms with Gasteiger partial charge in [0.2, 0.25) is 5.91 Å². The largest absolute Gasteiger partial charge is 0.461 e. The molecule has 1 saturated heterocycles. The molecule has 2 fully saturated rings. The van der Waals surface area contributed by atoms with Crippen molar-refractivity contribution < 1.29 is 14.3 Å². The van der Waals surface area contributed by atoms with Crippen LogP contribution in [0.1, 0.15) is 26.2 Å². The van der Waals surface area contributed by atoms with Crippen LogP contribution < -0.4 is 5.73 Å². The lowest BCUT2D eigenvalue weighted by atomic mass is 9.73. The molecular formula is C10H15NO3. The number of rotatable bonds is 1. The molecule has 0 bridgehead atoms. The van der Waals surface area contributed by atoms with Gasteiger partial charge in [0.05, 0.1) is 0 Å². The van der Waals surface area contributed by atoms with E-state index >= 15 is 0 Å². The first-order valence-corrected chi connectivity index (χ1v) is 5.11. The summed E-state index contributed by atoms with van der Waals surface area (Å²) < 4.78 is 5.17. The molecule has 0 aromatic heterocycles. The Labute approximate surface area is 82.8 Å². The van der Waals surface area contributed by atoms with E-state index in [1.807, 2.05) is 0 Å². The summed E-state index contributed by atoms with van der Waals surface area (Å²) in [7, 11) is 0. The SMILES string of the molecule is C[C@@H]1CCC[C@H]2OC(=O)[C@@H](C(N)=O)[C@H]12. The Morgan fingerprint density at radius 1 is 1.50 bits per heavy atom. The highest BCUT2D eigenvalue weighted by molar-refractivity contribution is 5.98. The van der Waals surface area contributed by atoms with Gasteiger partial charge < -0.3 is 10.5 Å². The third kappa shape index (κ3) is 1.29. The van der Waals surface area contributed by atoms with Gasteiger partial charge in [0.15, 0.2) is 0 Å². The molecule has 4 nitrogen and oxygen atoms in total. The Morgan fingerprint density at radius 3 is 2.86 bits per heavy atom. The lowest BCUT2D eigenvalue weighted by molar-refractivity contribution is -0.146. The van der Waals surface area contributed by atoms with Crippen LogP contribution in [0.3, 0.4) is 0 Å². The zero-order chi connectivity index (χ0) is 10.3. The van der Waals surface area contributed by atoms with Crippen LogP contribution in [0, 0.1) is 17.8 Å². The standard InChI is InChI=1S/C10H15NO3/c1-5-3-2-4-6-7(5)8(9(11)12)10(13)14-6/h5-8H,2-4H2,1H3,(H2,11,12)/t5-,6-,7-,8-/m1/s1. The monoisotopic (exact) mass is 197 g/mol. The van der Waals surface area contributed by atoms with Crippen LogP contribution in [0.5, 0.6) is 0 Å². The lowest BCUT2D eigenvalue weighted by Gasteiger charge is -2.30.